The highest BCUT2D eigenvalue weighted by Crippen LogP contribution is 2.37. The van der Waals surface area contributed by atoms with E-state index < -0.39 is 12.1 Å². The summed E-state index contributed by atoms with van der Waals surface area (Å²) in [7, 11) is 1.62. The van der Waals surface area contributed by atoms with Crippen molar-refractivity contribution in [3.05, 3.63) is 59.3 Å². The van der Waals surface area contributed by atoms with Gasteiger partial charge in [-0.15, -0.1) is 0 Å². The molecule has 8 nitrogen and oxygen atoms in total. The molecule has 0 aliphatic carbocycles. The third-order valence-electron chi connectivity index (χ3n) is 5.63. The first-order valence-electron chi connectivity index (χ1n) is 9.72. The number of nitrogens with one attached hydrogen (secondary N) is 2. The zero-order chi connectivity index (χ0) is 20.8. The summed E-state index contributed by atoms with van der Waals surface area (Å²) in [5.74, 6) is 0.880. The van der Waals surface area contributed by atoms with Crippen molar-refractivity contribution < 1.29 is 24.2 Å². The minimum absolute atomic E-state index is 0.0515. The van der Waals surface area contributed by atoms with E-state index in [1.165, 1.54) is 4.90 Å². The van der Waals surface area contributed by atoms with Gasteiger partial charge in [0.2, 0.25) is 18.6 Å². The van der Waals surface area contributed by atoms with E-state index in [9.17, 15) is 14.7 Å². The second-order valence-electron chi connectivity index (χ2n) is 7.60. The molecule has 0 radical (unpaired) electrons. The van der Waals surface area contributed by atoms with E-state index in [2.05, 4.69) is 10.3 Å². The maximum absolute atomic E-state index is 12.6. The number of piperazine rings is 1. The summed E-state index contributed by atoms with van der Waals surface area (Å²) in [5, 5.41) is 14.9. The van der Waals surface area contributed by atoms with Gasteiger partial charge in [0, 0.05) is 24.4 Å². The number of benzene rings is 2. The lowest BCUT2D eigenvalue weighted by atomic mass is 9.96. The van der Waals surface area contributed by atoms with Crippen LogP contribution in [0.5, 0.6) is 11.5 Å². The Morgan fingerprint density at radius 2 is 1.97 bits per heavy atom. The molecule has 8 heteroatoms. The number of H-pyrrole nitrogens is 1. The van der Waals surface area contributed by atoms with Crippen molar-refractivity contribution in [1.29, 1.82) is 0 Å². The van der Waals surface area contributed by atoms with Crippen molar-refractivity contribution in [2.45, 2.75) is 18.6 Å². The highest BCUT2D eigenvalue weighted by atomic mass is 16.7. The molecule has 2 atom stereocenters. The number of para-hydroxylation sites is 1. The van der Waals surface area contributed by atoms with Crippen LogP contribution in [-0.4, -0.2) is 53.2 Å². The second kappa shape index (κ2) is 7.07. The highest BCUT2D eigenvalue weighted by molar-refractivity contribution is 5.95. The molecule has 2 aliphatic rings. The molecule has 154 valence electrons. The molecule has 0 saturated carbocycles. The Morgan fingerprint density at radius 1 is 1.17 bits per heavy atom. The largest absolute Gasteiger partial charge is 0.454 e. The van der Waals surface area contributed by atoms with E-state index in [0.29, 0.717) is 22.8 Å². The average Bonchev–Trinajstić information content (AvgIpc) is 3.35. The normalized spacial score (nSPS) is 19.3. The van der Waals surface area contributed by atoms with Gasteiger partial charge < -0.3 is 29.8 Å². The number of hydrogen-bond donors (Lipinski definition) is 3. The van der Waals surface area contributed by atoms with E-state index >= 15 is 0 Å². The Labute approximate surface area is 172 Å². The number of fused-ring (bicyclic) bond motifs is 2. The predicted molar refractivity (Wildman–Crippen MR) is 108 cm³/mol. The average molecular weight is 407 g/mol. The Morgan fingerprint density at radius 3 is 2.83 bits per heavy atom. The zero-order valence-corrected chi connectivity index (χ0v) is 16.3. The monoisotopic (exact) mass is 407 g/mol. The van der Waals surface area contributed by atoms with Gasteiger partial charge in [-0.3, -0.25) is 9.59 Å². The van der Waals surface area contributed by atoms with Crippen molar-refractivity contribution >= 4 is 22.7 Å². The van der Waals surface area contributed by atoms with Crippen LogP contribution in [0.1, 0.15) is 22.9 Å². The summed E-state index contributed by atoms with van der Waals surface area (Å²) < 4.78 is 10.8. The number of ether oxygens (including phenoxy) is 2. The summed E-state index contributed by atoms with van der Waals surface area (Å²) in [4.78, 5) is 29.3. The number of nitrogens with zero attached hydrogens (tertiary/aromatic N) is 1. The van der Waals surface area contributed by atoms with Gasteiger partial charge in [0.05, 0.1) is 12.2 Å². The predicted octanol–water partition coefficient (Wildman–Crippen LogP) is 1.48. The van der Waals surface area contributed by atoms with Crippen molar-refractivity contribution in [3.63, 3.8) is 0 Å². The molecule has 2 amide bonds. The first kappa shape index (κ1) is 18.5. The van der Waals surface area contributed by atoms with E-state index in [1.54, 1.807) is 25.2 Å². The van der Waals surface area contributed by atoms with Crippen molar-refractivity contribution in [1.82, 2.24) is 15.2 Å². The summed E-state index contributed by atoms with van der Waals surface area (Å²) in [6.45, 7) is 0.208. The molecule has 1 saturated heterocycles. The van der Waals surface area contributed by atoms with Gasteiger partial charge in [0.25, 0.3) is 0 Å². The standard InChI is InChI=1S/C22H21N3O5/c1-25-10-19(26)23-16(22(25)28)9-14-13-4-2-3-5-15(13)24-20(14)21(27)12-6-7-17-18(8-12)30-11-29-17/h2-8,16,21,24,27H,9-11H2,1H3,(H,23,26)/t16-,21+/m1/s1. The number of aliphatic hydroxyl groups is 1. The lowest BCUT2D eigenvalue weighted by Gasteiger charge is -2.30. The van der Waals surface area contributed by atoms with Gasteiger partial charge in [-0.2, -0.15) is 0 Å². The first-order chi connectivity index (χ1) is 14.5. The molecular formula is C22H21N3O5. The van der Waals surface area contributed by atoms with Gasteiger partial charge in [0.15, 0.2) is 11.5 Å². The molecule has 3 heterocycles. The van der Waals surface area contributed by atoms with Crippen LogP contribution in [0.15, 0.2) is 42.5 Å². The molecule has 1 fully saturated rings. The van der Waals surface area contributed by atoms with Crippen LogP contribution in [0.3, 0.4) is 0 Å². The van der Waals surface area contributed by atoms with E-state index in [1.807, 2.05) is 24.3 Å². The molecular weight excluding hydrogens is 386 g/mol. The summed E-state index contributed by atoms with van der Waals surface area (Å²) >= 11 is 0. The molecule has 2 aliphatic heterocycles. The lowest BCUT2D eigenvalue weighted by molar-refractivity contribution is -0.142. The van der Waals surface area contributed by atoms with Crippen molar-refractivity contribution in [2.75, 3.05) is 20.4 Å². The van der Waals surface area contributed by atoms with Crippen LogP contribution in [0.25, 0.3) is 10.9 Å². The molecule has 5 rings (SSSR count). The van der Waals surface area contributed by atoms with Gasteiger partial charge in [-0.1, -0.05) is 24.3 Å². The first-order valence-corrected chi connectivity index (χ1v) is 9.72. The van der Waals surface area contributed by atoms with Gasteiger partial charge >= 0.3 is 0 Å². The summed E-state index contributed by atoms with van der Waals surface area (Å²) in [5.41, 5.74) is 2.88. The molecule has 1 aromatic heterocycles. The van der Waals surface area contributed by atoms with Gasteiger partial charge in [-0.25, -0.2) is 0 Å². The van der Waals surface area contributed by atoms with Crippen LogP contribution >= 0.6 is 0 Å². The van der Waals surface area contributed by atoms with E-state index in [-0.39, 0.29) is 31.6 Å². The highest BCUT2D eigenvalue weighted by Gasteiger charge is 2.33. The van der Waals surface area contributed by atoms with Gasteiger partial charge in [0.1, 0.15) is 12.1 Å². The lowest BCUT2D eigenvalue weighted by Crippen LogP contribution is -2.57. The molecule has 2 aromatic carbocycles. The number of carbonyl (C=O) groups is 2. The Hall–Kier alpha value is -3.52. The fraction of sp³-hybridized carbons (Fsp3) is 0.273. The van der Waals surface area contributed by atoms with Gasteiger partial charge in [-0.05, 0) is 29.3 Å². The molecule has 3 aromatic rings. The number of rotatable bonds is 4. The Balaban J connectivity index is 1.55. The third-order valence-corrected chi connectivity index (χ3v) is 5.63. The molecule has 0 spiro atoms. The Bertz CT molecular complexity index is 1150. The van der Waals surface area contributed by atoms with Crippen LogP contribution in [-0.2, 0) is 16.0 Å². The number of likely N-dealkylation sites (N-methyl/N-ethyl adjacent to an activating group) is 1. The van der Waals surface area contributed by atoms with Crippen LogP contribution in [0.4, 0.5) is 0 Å². The maximum atomic E-state index is 12.6. The smallest absolute Gasteiger partial charge is 0.245 e. The summed E-state index contributed by atoms with van der Waals surface area (Å²) in [6, 6.07) is 12.3. The van der Waals surface area contributed by atoms with Crippen LogP contribution in [0, 0.1) is 0 Å². The number of carbonyl (C=O) groups excluding carboxylic acids is 2. The molecule has 30 heavy (non-hydrogen) atoms. The molecule has 3 N–H and O–H groups in total. The molecule has 0 unspecified atom stereocenters. The maximum Gasteiger partial charge on any atom is 0.245 e. The zero-order valence-electron chi connectivity index (χ0n) is 16.3. The van der Waals surface area contributed by atoms with Crippen molar-refractivity contribution in [3.8, 4) is 11.5 Å². The van der Waals surface area contributed by atoms with Crippen LogP contribution < -0.4 is 14.8 Å². The fourth-order valence-electron chi connectivity index (χ4n) is 4.13. The number of amides is 2. The SMILES string of the molecule is CN1CC(=O)N[C@H](Cc2c([C@@H](O)c3ccc4c(c3)OCO4)[nH]c3ccccc23)C1=O. The number of hydrogen-bond acceptors (Lipinski definition) is 5. The Kier molecular flexibility index (Phi) is 4.36. The molecule has 0 bridgehead atoms. The van der Waals surface area contributed by atoms with Crippen LogP contribution in [0.2, 0.25) is 0 Å². The number of aliphatic hydroxyl groups excluding tert-OH is 1. The van der Waals surface area contributed by atoms with Crippen molar-refractivity contribution in [2.24, 2.45) is 0 Å². The minimum Gasteiger partial charge on any atom is -0.454 e. The van der Waals surface area contributed by atoms with E-state index in [0.717, 1.165) is 16.5 Å². The minimum atomic E-state index is -0.964. The number of aromatic amines is 1. The third kappa shape index (κ3) is 3.05. The summed E-state index contributed by atoms with van der Waals surface area (Å²) in [6.07, 6.45) is -0.690. The topological polar surface area (TPSA) is 104 Å². The number of aromatic nitrogens is 1. The second-order valence-corrected chi connectivity index (χ2v) is 7.60. The fourth-order valence-corrected chi connectivity index (χ4v) is 4.13. The van der Waals surface area contributed by atoms with E-state index in [4.69, 9.17) is 9.47 Å². The quantitative estimate of drug-likeness (QED) is 0.608.